The van der Waals surface area contributed by atoms with Crippen molar-refractivity contribution in [2.45, 2.75) is 19.4 Å². The van der Waals surface area contributed by atoms with Crippen LogP contribution < -0.4 is 16.4 Å². The van der Waals surface area contributed by atoms with Gasteiger partial charge in [-0.05, 0) is 86.1 Å². The van der Waals surface area contributed by atoms with Crippen molar-refractivity contribution in [2.24, 2.45) is 5.41 Å². The fourth-order valence-corrected chi connectivity index (χ4v) is 4.44. The number of hydrogen-bond acceptors (Lipinski definition) is 5. The van der Waals surface area contributed by atoms with E-state index in [4.69, 9.17) is 5.73 Å². The predicted molar refractivity (Wildman–Crippen MR) is 139 cm³/mol. The topological polar surface area (TPSA) is 116 Å². The predicted octanol–water partition coefficient (Wildman–Crippen LogP) is 4.37. The van der Waals surface area contributed by atoms with E-state index >= 15 is 0 Å². The van der Waals surface area contributed by atoms with Gasteiger partial charge in [0.05, 0.1) is 10.9 Å². The highest BCUT2D eigenvalue weighted by molar-refractivity contribution is 6.17. The molecule has 1 fully saturated rings. The fourth-order valence-electron chi connectivity index (χ4n) is 4.44. The number of halogens is 1. The SMILES string of the molecule is CN(C)Cc1cc(NC(=O)C2(C(=O)Nc3ccc(F)cc3)CC2)ccc1-c1cccc2[nH]nc(N)c12. The van der Waals surface area contributed by atoms with Gasteiger partial charge in [-0.3, -0.25) is 14.7 Å². The van der Waals surface area contributed by atoms with Crippen LogP contribution in [-0.2, 0) is 16.1 Å². The number of fused-ring (bicyclic) bond motifs is 1. The summed E-state index contributed by atoms with van der Waals surface area (Å²) in [5.41, 5.74) is 9.84. The Bertz CT molecular complexity index is 1460. The third-order valence-electron chi connectivity index (χ3n) is 6.48. The zero-order valence-electron chi connectivity index (χ0n) is 20.1. The van der Waals surface area contributed by atoms with Crippen LogP contribution in [0.3, 0.4) is 0 Å². The van der Waals surface area contributed by atoms with Gasteiger partial charge in [0.1, 0.15) is 11.2 Å². The number of amides is 2. The number of benzene rings is 3. The van der Waals surface area contributed by atoms with E-state index in [1.165, 1.54) is 24.3 Å². The van der Waals surface area contributed by atoms with Gasteiger partial charge < -0.3 is 21.3 Å². The van der Waals surface area contributed by atoms with E-state index in [9.17, 15) is 14.0 Å². The number of carbonyl (C=O) groups is 2. The van der Waals surface area contributed by atoms with Crippen molar-refractivity contribution in [3.05, 3.63) is 72.0 Å². The van der Waals surface area contributed by atoms with Gasteiger partial charge in [0, 0.05) is 17.9 Å². The van der Waals surface area contributed by atoms with E-state index in [1.807, 2.05) is 55.4 Å². The summed E-state index contributed by atoms with van der Waals surface area (Å²) in [6, 6.07) is 17.1. The minimum atomic E-state index is -1.13. The van der Waals surface area contributed by atoms with E-state index in [0.717, 1.165) is 27.6 Å². The van der Waals surface area contributed by atoms with Crippen molar-refractivity contribution in [1.29, 1.82) is 0 Å². The molecule has 1 saturated carbocycles. The number of aromatic amines is 1. The molecule has 0 atom stereocenters. The molecule has 0 aliphatic heterocycles. The van der Waals surface area contributed by atoms with Crippen LogP contribution in [-0.4, -0.2) is 41.0 Å². The van der Waals surface area contributed by atoms with E-state index in [0.29, 0.717) is 36.6 Å². The summed E-state index contributed by atoms with van der Waals surface area (Å²) in [6.07, 6.45) is 0.909. The average Bonchev–Trinajstić information content (AvgIpc) is 3.58. The smallest absolute Gasteiger partial charge is 0.240 e. The third kappa shape index (κ3) is 4.40. The van der Waals surface area contributed by atoms with Crippen LogP contribution in [0.5, 0.6) is 0 Å². The maximum absolute atomic E-state index is 13.2. The molecular formula is C27H27FN6O2. The van der Waals surface area contributed by atoms with Crippen molar-refractivity contribution < 1.29 is 14.0 Å². The van der Waals surface area contributed by atoms with Crippen molar-refractivity contribution in [3.63, 3.8) is 0 Å². The number of nitrogens with one attached hydrogen (secondary N) is 3. The zero-order valence-corrected chi connectivity index (χ0v) is 20.1. The lowest BCUT2D eigenvalue weighted by Gasteiger charge is -2.19. The molecule has 4 aromatic rings. The normalized spacial score (nSPS) is 14.1. The molecule has 184 valence electrons. The van der Waals surface area contributed by atoms with Crippen LogP contribution in [0, 0.1) is 11.2 Å². The first-order valence-electron chi connectivity index (χ1n) is 11.7. The van der Waals surface area contributed by atoms with Crippen LogP contribution in [0.2, 0.25) is 0 Å². The van der Waals surface area contributed by atoms with Gasteiger partial charge in [-0.25, -0.2) is 4.39 Å². The summed E-state index contributed by atoms with van der Waals surface area (Å²) in [5.74, 6) is -0.710. The molecule has 9 heteroatoms. The first-order chi connectivity index (χ1) is 17.3. The standard InChI is InChI=1S/C27H27FN6O2/c1-34(2)15-16-14-19(10-11-20(16)21-4-3-5-22-23(21)24(29)33-32-22)31-26(36)27(12-13-27)25(35)30-18-8-6-17(28)7-9-18/h3-11,14H,12-13,15H2,1-2H3,(H,30,35)(H,31,36)(H3,29,32,33). The second kappa shape index (κ2) is 9.09. The molecule has 3 aromatic carbocycles. The highest BCUT2D eigenvalue weighted by atomic mass is 19.1. The molecule has 0 spiro atoms. The molecule has 5 rings (SSSR count). The summed E-state index contributed by atoms with van der Waals surface area (Å²) in [6.45, 7) is 0.628. The maximum atomic E-state index is 13.2. The van der Waals surface area contributed by atoms with E-state index < -0.39 is 11.2 Å². The molecule has 1 aromatic heterocycles. The van der Waals surface area contributed by atoms with Gasteiger partial charge in [0.2, 0.25) is 11.8 Å². The Morgan fingerprint density at radius 2 is 1.67 bits per heavy atom. The van der Waals surface area contributed by atoms with Gasteiger partial charge in [-0.15, -0.1) is 0 Å². The molecule has 5 N–H and O–H groups in total. The minimum absolute atomic E-state index is 0.355. The number of anilines is 3. The second-order valence-electron chi connectivity index (χ2n) is 9.44. The minimum Gasteiger partial charge on any atom is -0.382 e. The van der Waals surface area contributed by atoms with Gasteiger partial charge >= 0.3 is 0 Å². The Hall–Kier alpha value is -4.24. The highest BCUT2D eigenvalue weighted by Crippen LogP contribution is 2.47. The molecule has 36 heavy (non-hydrogen) atoms. The number of nitrogen functional groups attached to an aromatic ring is 1. The fraction of sp³-hybridized carbons (Fsp3) is 0.222. The number of H-pyrrole nitrogens is 1. The lowest BCUT2D eigenvalue weighted by atomic mass is 9.95. The summed E-state index contributed by atoms with van der Waals surface area (Å²) in [4.78, 5) is 28.1. The summed E-state index contributed by atoms with van der Waals surface area (Å²) >= 11 is 0. The number of nitrogens with two attached hydrogens (primary N) is 1. The Morgan fingerprint density at radius 3 is 2.33 bits per heavy atom. The third-order valence-corrected chi connectivity index (χ3v) is 6.48. The van der Waals surface area contributed by atoms with Crippen molar-refractivity contribution in [3.8, 4) is 11.1 Å². The Kier molecular flexibility index (Phi) is 5.93. The van der Waals surface area contributed by atoms with Crippen LogP contribution in [0.4, 0.5) is 21.6 Å². The van der Waals surface area contributed by atoms with E-state index in [1.54, 1.807) is 0 Å². The number of nitrogens with zero attached hydrogens (tertiary/aromatic N) is 2. The molecule has 0 bridgehead atoms. The van der Waals surface area contributed by atoms with Gasteiger partial charge in [-0.2, -0.15) is 5.10 Å². The largest absolute Gasteiger partial charge is 0.382 e. The first kappa shape index (κ1) is 23.5. The number of carbonyl (C=O) groups excluding carboxylic acids is 2. The highest BCUT2D eigenvalue weighted by Gasteiger charge is 2.56. The lowest BCUT2D eigenvalue weighted by Crippen LogP contribution is -2.35. The first-order valence-corrected chi connectivity index (χ1v) is 11.7. The molecule has 2 amide bonds. The van der Waals surface area contributed by atoms with E-state index in [2.05, 4.69) is 20.8 Å². The number of hydrogen-bond donors (Lipinski definition) is 4. The average molecular weight is 487 g/mol. The van der Waals surface area contributed by atoms with E-state index in [-0.39, 0.29) is 11.8 Å². The zero-order chi connectivity index (χ0) is 25.4. The molecule has 0 radical (unpaired) electrons. The quantitative estimate of drug-likeness (QED) is 0.290. The molecule has 8 nitrogen and oxygen atoms in total. The Morgan fingerprint density at radius 1 is 1.00 bits per heavy atom. The lowest BCUT2D eigenvalue weighted by molar-refractivity contribution is -0.131. The molecule has 0 unspecified atom stereocenters. The summed E-state index contributed by atoms with van der Waals surface area (Å²) in [7, 11) is 3.95. The van der Waals surface area contributed by atoms with Crippen molar-refractivity contribution in [1.82, 2.24) is 15.1 Å². The molecule has 1 heterocycles. The summed E-state index contributed by atoms with van der Waals surface area (Å²) < 4.78 is 13.2. The van der Waals surface area contributed by atoms with Crippen LogP contribution in [0.15, 0.2) is 60.7 Å². The molecule has 0 saturated heterocycles. The molecule has 1 aliphatic carbocycles. The van der Waals surface area contributed by atoms with Gasteiger partial charge in [0.25, 0.3) is 0 Å². The number of aromatic nitrogens is 2. The second-order valence-corrected chi connectivity index (χ2v) is 9.44. The Labute approximate surface area is 207 Å². The molecular weight excluding hydrogens is 459 g/mol. The monoisotopic (exact) mass is 486 g/mol. The Balaban J connectivity index is 1.41. The number of rotatable bonds is 7. The van der Waals surface area contributed by atoms with Crippen LogP contribution in [0.1, 0.15) is 18.4 Å². The van der Waals surface area contributed by atoms with Crippen LogP contribution >= 0.6 is 0 Å². The van der Waals surface area contributed by atoms with Crippen LogP contribution in [0.25, 0.3) is 22.0 Å². The molecule has 1 aliphatic rings. The summed E-state index contributed by atoms with van der Waals surface area (Å²) in [5, 5.41) is 13.6. The van der Waals surface area contributed by atoms with Gasteiger partial charge in [0.15, 0.2) is 5.82 Å². The van der Waals surface area contributed by atoms with Crippen molar-refractivity contribution in [2.75, 3.05) is 30.5 Å². The van der Waals surface area contributed by atoms with Gasteiger partial charge in [-0.1, -0.05) is 18.2 Å². The maximum Gasteiger partial charge on any atom is 0.240 e. The van der Waals surface area contributed by atoms with Crippen molar-refractivity contribution >= 4 is 39.9 Å².